The fourth-order valence-corrected chi connectivity index (χ4v) is 3.38. The first-order chi connectivity index (χ1) is 7.20. The zero-order chi connectivity index (χ0) is 10.8. The number of carbonyl (C=O) groups excluding carboxylic acids is 1. The molecule has 0 aliphatic carbocycles. The highest BCUT2D eigenvalue weighted by molar-refractivity contribution is 9.09. The standard InChI is InChI=1S/C10H10BrNOS2/c1-6(5-11)12-10(13)9-4-8-7(15-9)2-3-14-8/h2-4,6H,5H2,1H3,(H,12,13). The van der Waals surface area contributed by atoms with Gasteiger partial charge in [-0.2, -0.15) is 0 Å². The van der Waals surface area contributed by atoms with Crippen LogP contribution in [-0.4, -0.2) is 17.3 Å². The molecule has 1 amide bonds. The van der Waals surface area contributed by atoms with Crippen molar-refractivity contribution in [2.45, 2.75) is 13.0 Å². The van der Waals surface area contributed by atoms with E-state index in [1.54, 1.807) is 22.7 Å². The van der Waals surface area contributed by atoms with E-state index in [9.17, 15) is 4.79 Å². The van der Waals surface area contributed by atoms with Crippen LogP contribution in [0.25, 0.3) is 9.40 Å². The summed E-state index contributed by atoms with van der Waals surface area (Å²) in [5, 5.41) is 5.75. The van der Waals surface area contributed by atoms with E-state index in [-0.39, 0.29) is 11.9 Å². The van der Waals surface area contributed by atoms with Gasteiger partial charge in [0.2, 0.25) is 0 Å². The van der Waals surface area contributed by atoms with E-state index in [4.69, 9.17) is 0 Å². The third-order valence-corrected chi connectivity index (χ3v) is 5.04. The van der Waals surface area contributed by atoms with Gasteiger partial charge in [-0.25, -0.2) is 0 Å². The number of hydrogen-bond donors (Lipinski definition) is 1. The number of hydrogen-bond acceptors (Lipinski definition) is 3. The Morgan fingerprint density at radius 2 is 2.40 bits per heavy atom. The van der Waals surface area contributed by atoms with Gasteiger partial charge in [-0.05, 0) is 24.4 Å². The molecule has 2 heterocycles. The van der Waals surface area contributed by atoms with Gasteiger partial charge >= 0.3 is 0 Å². The summed E-state index contributed by atoms with van der Waals surface area (Å²) < 4.78 is 2.38. The topological polar surface area (TPSA) is 29.1 Å². The van der Waals surface area contributed by atoms with E-state index >= 15 is 0 Å². The molecule has 0 radical (unpaired) electrons. The van der Waals surface area contributed by atoms with Crippen molar-refractivity contribution in [1.29, 1.82) is 0 Å². The summed E-state index contributed by atoms with van der Waals surface area (Å²) >= 11 is 6.55. The van der Waals surface area contributed by atoms with Gasteiger partial charge in [-0.1, -0.05) is 15.9 Å². The smallest absolute Gasteiger partial charge is 0.261 e. The molecule has 2 rings (SSSR count). The zero-order valence-corrected chi connectivity index (χ0v) is 11.3. The average Bonchev–Trinajstić information content (AvgIpc) is 2.76. The Balaban J connectivity index is 2.17. The number of amides is 1. The van der Waals surface area contributed by atoms with Crippen molar-refractivity contribution < 1.29 is 4.79 Å². The molecule has 0 bridgehead atoms. The zero-order valence-electron chi connectivity index (χ0n) is 8.12. The Bertz CT molecular complexity index is 448. The lowest BCUT2D eigenvalue weighted by molar-refractivity contribution is 0.0948. The number of nitrogens with one attached hydrogen (secondary N) is 1. The fourth-order valence-electron chi connectivity index (χ4n) is 1.21. The first-order valence-electron chi connectivity index (χ1n) is 4.54. The van der Waals surface area contributed by atoms with Crippen LogP contribution in [0.15, 0.2) is 17.5 Å². The Hall–Kier alpha value is -0.390. The second-order valence-corrected chi connectivity index (χ2v) is 5.97. The van der Waals surface area contributed by atoms with Crippen LogP contribution in [-0.2, 0) is 0 Å². The number of halogens is 1. The van der Waals surface area contributed by atoms with Crippen molar-refractivity contribution in [3.8, 4) is 0 Å². The summed E-state index contributed by atoms with van der Waals surface area (Å²) in [4.78, 5) is 12.6. The molecular weight excluding hydrogens is 294 g/mol. The quantitative estimate of drug-likeness (QED) is 0.864. The van der Waals surface area contributed by atoms with Crippen LogP contribution in [0.5, 0.6) is 0 Å². The minimum Gasteiger partial charge on any atom is -0.348 e. The van der Waals surface area contributed by atoms with E-state index in [2.05, 4.69) is 27.3 Å². The fraction of sp³-hybridized carbons (Fsp3) is 0.300. The van der Waals surface area contributed by atoms with E-state index in [1.807, 2.05) is 18.4 Å². The van der Waals surface area contributed by atoms with Gasteiger partial charge in [-0.15, -0.1) is 22.7 Å². The van der Waals surface area contributed by atoms with E-state index in [0.29, 0.717) is 0 Å². The summed E-state index contributed by atoms with van der Waals surface area (Å²) in [5.41, 5.74) is 0. The lowest BCUT2D eigenvalue weighted by Gasteiger charge is -2.08. The van der Waals surface area contributed by atoms with E-state index in [0.717, 1.165) is 10.2 Å². The molecule has 1 N–H and O–H groups in total. The summed E-state index contributed by atoms with van der Waals surface area (Å²) in [7, 11) is 0. The van der Waals surface area contributed by atoms with Gasteiger partial charge < -0.3 is 5.32 Å². The normalized spacial score (nSPS) is 12.9. The van der Waals surface area contributed by atoms with Gasteiger partial charge in [0.1, 0.15) is 0 Å². The molecular formula is C10H10BrNOS2. The number of carbonyl (C=O) groups is 1. The largest absolute Gasteiger partial charge is 0.348 e. The summed E-state index contributed by atoms with van der Waals surface area (Å²) in [5.74, 6) is 0.0235. The van der Waals surface area contributed by atoms with Crippen LogP contribution < -0.4 is 5.32 Å². The molecule has 2 aromatic heterocycles. The molecule has 2 nitrogen and oxygen atoms in total. The van der Waals surface area contributed by atoms with Crippen molar-refractivity contribution in [3.05, 3.63) is 22.4 Å². The third-order valence-electron chi connectivity index (χ3n) is 1.97. The van der Waals surface area contributed by atoms with Gasteiger partial charge in [-0.3, -0.25) is 4.79 Å². The van der Waals surface area contributed by atoms with Gasteiger partial charge in [0.25, 0.3) is 5.91 Å². The van der Waals surface area contributed by atoms with E-state index < -0.39 is 0 Å². The Morgan fingerprint density at radius 3 is 3.07 bits per heavy atom. The molecule has 2 aromatic rings. The van der Waals surface area contributed by atoms with Crippen LogP contribution in [0.3, 0.4) is 0 Å². The van der Waals surface area contributed by atoms with Gasteiger partial charge in [0.15, 0.2) is 0 Å². The Kier molecular flexibility index (Phi) is 3.43. The van der Waals surface area contributed by atoms with Crippen LogP contribution in [0.2, 0.25) is 0 Å². The van der Waals surface area contributed by atoms with Crippen LogP contribution in [0, 0.1) is 0 Å². The molecule has 5 heteroatoms. The second-order valence-electron chi connectivity index (χ2n) is 3.29. The highest BCUT2D eigenvalue weighted by atomic mass is 79.9. The Morgan fingerprint density at radius 1 is 1.60 bits per heavy atom. The molecule has 1 unspecified atom stereocenters. The average molecular weight is 304 g/mol. The SMILES string of the molecule is CC(CBr)NC(=O)c1cc2sccc2s1. The molecule has 15 heavy (non-hydrogen) atoms. The predicted molar refractivity (Wildman–Crippen MR) is 70.4 cm³/mol. The first-order valence-corrected chi connectivity index (χ1v) is 7.36. The lowest BCUT2D eigenvalue weighted by Crippen LogP contribution is -2.32. The van der Waals surface area contributed by atoms with Crippen LogP contribution in [0.1, 0.15) is 16.6 Å². The maximum atomic E-state index is 11.8. The summed E-state index contributed by atoms with van der Waals surface area (Å²) in [6, 6.07) is 4.17. The van der Waals surface area contributed by atoms with Crippen LogP contribution in [0.4, 0.5) is 0 Å². The number of thiophene rings is 2. The molecule has 0 aliphatic rings. The maximum Gasteiger partial charge on any atom is 0.261 e. The van der Waals surface area contributed by atoms with Crippen molar-refractivity contribution in [2.75, 3.05) is 5.33 Å². The first kappa shape index (κ1) is 11.1. The van der Waals surface area contributed by atoms with Crippen molar-refractivity contribution in [1.82, 2.24) is 5.32 Å². The van der Waals surface area contributed by atoms with Crippen molar-refractivity contribution >= 4 is 53.9 Å². The highest BCUT2D eigenvalue weighted by Crippen LogP contribution is 2.29. The molecule has 0 fully saturated rings. The molecule has 0 spiro atoms. The molecule has 0 saturated carbocycles. The lowest BCUT2D eigenvalue weighted by atomic mass is 10.3. The third kappa shape index (κ3) is 2.41. The van der Waals surface area contributed by atoms with Gasteiger partial charge in [0.05, 0.1) is 4.88 Å². The Labute approximate surface area is 104 Å². The monoisotopic (exact) mass is 303 g/mol. The minimum absolute atomic E-state index is 0.0235. The summed E-state index contributed by atoms with van der Waals surface area (Å²) in [6.07, 6.45) is 0. The second kappa shape index (κ2) is 4.63. The maximum absolute atomic E-state index is 11.8. The van der Waals surface area contributed by atoms with Crippen molar-refractivity contribution in [3.63, 3.8) is 0 Å². The van der Waals surface area contributed by atoms with Gasteiger partial charge in [0, 0.05) is 20.8 Å². The number of fused-ring (bicyclic) bond motifs is 1. The predicted octanol–water partition coefficient (Wildman–Crippen LogP) is 3.48. The van der Waals surface area contributed by atoms with E-state index in [1.165, 1.54) is 9.40 Å². The molecule has 0 aliphatic heterocycles. The molecule has 1 atom stereocenters. The summed E-state index contributed by atoms with van der Waals surface area (Å²) in [6.45, 7) is 1.97. The number of alkyl halides is 1. The molecule has 0 aromatic carbocycles. The van der Waals surface area contributed by atoms with Crippen molar-refractivity contribution in [2.24, 2.45) is 0 Å². The molecule has 0 saturated heterocycles. The molecule has 80 valence electrons. The number of rotatable bonds is 3. The highest BCUT2D eigenvalue weighted by Gasteiger charge is 2.12. The minimum atomic E-state index is 0.0235. The van der Waals surface area contributed by atoms with Crippen LogP contribution >= 0.6 is 38.6 Å².